The van der Waals surface area contributed by atoms with E-state index in [4.69, 9.17) is 4.74 Å². The predicted octanol–water partition coefficient (Wildman–Crippen LogP) is 2.73. The van der Waals surface area contributed by atoms with E-state index in [-0.39, 0.29) is 24.3 Å². The molecule has 1 aromatic rings. The van der Waals surface area contributed by atoms with Crippen LogP contribution in [0.5, 0.6) is 0 Å². The van der Waals surface area contributed by atoms with Crippen LogP contribution in [0.4, 0.5) is 0 Å². The third-order valence-electron chi connectivity index (χ3n) is 5.34. The molecule has 140 valence electrons. The molecule has 5 heteroatoms. The molecule has 2 amide bonds. The van der Waals surface area contributed by atoms with Gasteiger partial charge in [0.25, 0.3) is 5.91 Å². The van der Waals surface area contributed by atoms with Gasteiger partial charge in [-0.15, -0.1) is 0 Å². The third kappa shape index (κ3) is 4.15. The first-order chi connectivity index (χ1) is 12.6. The first-order valence-corrected chi connectivity index (χ1v) is 9.44. The van der Waals surface area contributed by atoms with Crippen LogP contribution in [0.3, 0.4) is 0 Å². The first-order valence-electron chi connectivity index (χ1n) is 9.44. The molecule has 1 N–H and O–H groups in total. The Balaban J connectivity index is 1.63. The number of methoxy groups -OCH3 is 1. The van der Waals surface area contributed by atoms with Crippen molar-refractivity contribution in [3.8, 4) is 0 Å². The largest absolute Gasteiger partial charge is 0.383 e. The average Bonchev–Trinajstić information content (AvgIpc) is 2.91. The average molecular weight is 356 g/mol. The summed E-state index contributed by atoms with van der Waals surface area (Å²) in [4.78, 5) is 27.2. The summed E-state index contributed by atoms with van der Waals surface area (Å²) < 4.78 is 5.15. The van der Waals surface area contributed by atoms with E-state index in [2.05, 4.69) is 5.32 Å². The first kappa shape index (κ1) is 18.6. The molecule has 1 aliphatic carbocycles. The van der Waals surface area contributed by atoms with Crippen LogP contribution in [0, 0.1) is 6.92 Å². The fraction of sp³-hybridized carbons (Fsp3) is 0.524. The minimum absolute atomic E-state index is 0.0226. The maximum atomic E-state index is 12.9. The SMILES string of the molecule is COCCN1C(=O)C(CC(=O)NCc2ccc(C)cc2)=C2CCCCC21. The second-order valence-electron chi connectivity index (χ2n) is 7.20. The van der Waals surface area contributed by atoms with Gasteiger partial charge in [0, 0.05) is 25.8 Å². The number of nitrogens with one attached hydrogen (secondary N) is 1. The summed E-state index contributed by atoms with van der Waals surface area (Å²) >= 11 is 0. The summed E-state index contributed by atoms with van der Waals surface area (Å²) in [5.74, 6) is -0.0613. The highest BCUT2D eigenvalue weighted by atomic mass is 16.5. The molecule has 1 saturated carbocycles. The molecule has 1 aromatic carbocycles. The Morgan fingerprint density at radius 1 is 1.27 bits per heavy atom. The number of amides is 2. The molecule has 1 heterocycles. The maximum absolute atomic E-state index is 12.9. The smallest absolute Gasteiger partial charge is 0.250 e. The number of hydrogen-bond acceptors (Lipinski definition) is 3. The quantitative estimate of drug-likeness (QED) is 0.817. The molecule has 1 fully saturated rings. The molecule has 1 unspecified atom stereocenters. The predicted molar refractivity (Wildman–Crippen MR) is 101 cm³/mol. The molecule has 0 bridgehead atoms. The number of hydrogen-bond donors (Lipinski definition) is 1. The normalized spacial score (nSPS) is 19.7. The van der Waals surface area contributed by atoms with E-state index in [1.54, 1.807) is 7.11 Å². The highest BCUT2D eigenvalue weighted by Crippen LogP contribution is 2.37. The summed E-state index contributed by atoms with van der Waals surface area (Å²) in [5.41, 5.74) is 4.16. The molecule has 1 aliphatic heterocycles. The van der Waals surface area contributed by atoms with Gasteiger partial charge in [-0.3, -0.25) is 9.59 Å². The standard InChI is InChI=1S/C21H28N2O3/c1-15-7-9-16(10-8-15)14-22-20(24)13-18-17-5-3-4-6-19(17)23(21(18)25)11-12-26-2/h7-10,19H,3-6,11-14H2,1-2H3,(H,22,24). The molecule has 1 atom stereocenters. The van der Waals surface area contributed by atoms with E-state index < -0.39 is 0 Å². The van der Waals surface area contributed by atoms with Crippen LogP contribution in [0.2, 0.25) is 0 Å². The van der Waals surface area contributed by atoms with Crippen LogP contribution in [0.15, 0.2) is 35.4 Å². The Labute approximate surface area is 155 Å². The van der Waals surface area contributed by atoms with Gasteiger partial charge in [0.2, 0.25) is 5.91 Å². The Hall–Kier alpha value is -2.14. The lowest BCUT2D eigenvalue weighted by molar-refractivity contribution is -0.129. The van der Waals surface area contributed by atoms with Gasteiger partial charge >= 0.3 is 0 Å². The molecule has 2 aliphatic rings. The fourth-order valence-electron chi connectivity index (χ4n) is 3.91. The number of fused-ring (bicyclic) bond motifs is 1. The zero-order valence-corrected chi connectivity index (χ0v) is 15.7. The fourth-order valence-corrected chi connectivity index (χ4v) is 3.91. The minimum atomic E-state index is -0.0839. The molecule has 0 radical (unpaired) electrons. The third-order valence-corrected chi connectivity index (χ3v) is 5.34. The Morgan fingerprint density at radius 3 is 2.77 bits per heavy atom. The number of carbonyl (C=O) groups excluding carboxylic acids is 2. The highest BCUT2D eigenvalue weighted by molar-refractivity contribution is 6.02. The van der Waals surface area contributed by atoms with E-state index in [1.165, 1.54) is 11.1 Å². The van der Waals surface area contributed by atoms with Gasteiger partial charge in [0.05, 0.1) is 19.1 Å². The number of nitrogens with zero attached hydrogens (tertiary/aromatic N) is 1. The monoisotopic (exact) mass is 356 g/mol. The lowest BCUT2D eigenvalue weighted by atomic mass is 9.88. The van der Waals surface area contributed by atoms with Crippen molar-refractivity contribution in [2.75, 3.05) is 20.3 Å². The lowest BCUT2D eigenvalue weighted by Crippen LogP contribution is -2.39. The second-order valence-corrected chi connectivity index (χ2v) is 7.20. The molecule has 0 spiro atoms. The van der Waals surface area contributed by atoms with Gasteiger partial charge in [-0.2, -0.15) is 0 Å². The van der Waals surface area contributed by atoms with Crippen molar-refractivity contribution >= 4 is 11.8 Å². The second kappa shape index (κ2) is 8.49. The van der Waals surface area contributed by atoms with E-state index >= 15 is 0 Å². The molecule has 5 nitrogen and oxygen atoms in total. The lowest BCUT2D eigenvalue weighted by Gasteiger charge is -2.29. The van der Waals surface area contributed by atoms with E-state index in [0.717, 1.165) is 31.2 Å². The molecular formula is C21H28N2O3. The molecule has 0 aromatic heterocycles. The van der Waals surface area contributed by atoms with Crippen LogP contribution >= 0.6 is 0 Å². The summed E-state index contributed by atoms with van der Waals surface area (Å²) in [7, 11) is 1.65. The minimum Gasteiger partial charge on any atom is -0.383 e. The number of carbonyl (C=O) groups is 2. The molecule has 26 heavy (non-hydrogen) atoms. The van der Waals surface area contributed by atoms with Crippen LogP contribution in [0.1, 0.15) is 43.2 Å². The van der Waals surface area contributed by atoms with Crippen LogP contribution in [-0.2, 0) is 20.9 Å². The molecule has 3 rings (SSSR count). The van der Waals surface area contributed by atoms with Gasteiger partial charge in [-0.25, -0.2) is 0 Å². The van der Waals surface area contributed by atoms with Crippen LogP contribution in [-0.4, -0.2) is 43.0 Å². The summed E-state index contributed by atoms with van der Waals surface area (Å²) in [6.45, 7) is 3.66. The van der Waals surface area contributed by atoms with Crippen molar-refractivity contribution in [3.63, 3.8) is 0 Å². The molecule has 0 saturated heterocycles. The van der Waals surface area contributed by atoms with Crippen molar-refractivity contribution in [2.24, 2.45) is 0 Å². The van der Waals surface area contributed by atoms with Gasteiger partial charge < -0.3 is 15.0 Å². The number of benzene rings is 1. The zero-order valence-electron chi connectivity index (χ0n) is 15.7. The molecular weight excluding hydrogens is 328 g/mol. The van der Waals surface area contributed by atoms with Crippen molar-refractivity contribution < 1.29 is 14.3 Å². The van der Waals surface area contributed by atoms with Crippen molar-refractivity contribution in [1.82, 2.24) is 10.2 Å². The van der Waals surface area contributed by atoms with E-state index in [0.29, 0.717) is 25.3 Å². The number of ether oxygens (including phenoxy) is 1. The van der Waals surface area contributed by atoms with Crippen molar-refractivity contribution in [3.05, 3.63) is 46.5 Å². The van der Waals surface area contributed by atoms with Gasteiger partial charge in [-0.1, -0.05) is 36.2 Å². The van der Waals surface area contributed by atoms with Crippen LogP contribution < -0.4 is 5.32 Å². The van der Waals surface area contributed by atoms with Gasteiger partial charge in [-0.05, 0) is 37.3 Å². The Morgan fingerprint density at radius 2 is 2.04 bits per heavy atom. The van der Waals surface area contributed by atoms with Gasteiger partial charge in [0.1, 0.15) is 0 Å². The maximum Gasteiger partial charge on any atom is 0.250 e. The summed E-state index contributed by atoms with van der Waals surface area (Å²) in [5, 5.41) is 2.95. The Kier molecular flexibility index (Phi) is 6.09. The summed E-state index contributed by atoms with van der Waals surface area (Å²) in [6.07, 6.45) is 4.35. The van der Waals surface area contributed by atoms with Crippen molar-refractivity contribution in [1.29, 1.82) is 0 Å². The number of aryl methyl sites for hydroxylation is 1. The highest BCUT2D eigenvalue weighted by Gasteiger charge is 2.39. The topological polar surface area (TPSA) is 58.6 Å². The van der Waals surface area contributed by atoms with Crippen LogP contribution in [0.25, 0.3) is 0 Å². The Bertz CT molecular complexity index is 694. The summed E-state index contributed by atoms with van der Waals surface area (Å²) in [6, 6.07) is 8.27. The van der Waals surface area contributed by atoms with E-state index in [1.807, 2.05) is 36.1 Å². The van der Waals surface area contributed by atoms with Crippen molar-refractivity contribution in [2.45, 2.75) is 51.6 Å². The van der Waals surface area contributed by atoms with E-state index in [9.17, 15) is 9.59 Å². The number of rotatable bonds is 7. The van der Waals surface area contributed by atoms with Gasteiger partial charge in [0.15, 0.2) is 0 Å². The zero-order chi connectivity index (χ0) is 18.5.